The van der Waals surface area contributed by atoms with E-state index in [9.17, 15) is 26.4 Å². The third kappa shape index (κ3) is 4.14. The molecule has 0 saturated carbocycles. The number of hydrogen-bond acceptors (Lipinski definition) is 3. The van der Waals surface area contributed by atoms with Gasteiger partial charge in [0.25, 0.3) is 0 Å². The van der Waals surface area contributed by atoms with Crippen molar-refractivity contribution >= 4 is 16.1 Å². The highest BCUT2D eigenvalue weighted by Gasteiger charge is 2.34. The molecule has 10 heteroatoms. The largest absolute Gasteiger partial charge is 0.416 e. The van der Waals surface area contributed by atoms with Gasteiger partial charge in [-0.2, -0.15) is 17.5 Å². The van der Waals surface area contributed by atoms with Gasteiger partial charge in [-0.1, -0.05) is 6.07 Å². The summed E-state index contributed by atoms with van der Waals surface area (Å²) in [6.07, 6.45) is -3.91. The minimum absolute atomic E-state index is 0.101. The molecule has 1 heterocycles. The second-order valence-electron chi connectivity index (χ2n) is 5.21. The predicted molar refractivity (Wildman–Crippen MR) is 75.9 cm³/mol. The van der Waals surface area contributed by atoms with Gasteiger partial charge in [-0.3, -0.25) is 0 Å². The number of amides is 2. The average Bonchev–Trinajstić information content (AvgIpc) is 2.46. The summed E-state index contributed by atoms with van der Waals surface area (Å²) >= 11 is 0. The van der Waals surface area contributed by atoms with Gasteiger partial charge in [-0.05, 0) is 31.0 Å². The Bertz CT molecular complexity index is 683. The van der Waals surface area contributed by atoms with Crippen molar-refractivity contribution in [3.63, 3.8) is 0 Å². The zero-order valence-electron chi connectivity index (χ0n) is 12.0. The Kier molecular flexibility index (Phi) is 4.85. The van der Waals surface area contributed by atoms with Crippen LogP contribution in [0.15, 0.2) is 29.2 Å². The van der Waals surface area contributed by atoms with Crippen LogP contribution >= 0.6 is 0 Å². The Hall–Kier alpha value is -1.81. The number of nitrogens with one attached hydrogen (secondary N) is 1. The van der Waals surface area contributed by atoms with Crippen LogP contribution < -0.4 is 11.1 Å². The molecule has 1 saturated heterocycles. The lowest BCUT2D eigenvalue weighted by Crippen LogP contribution is -2.47. The zero-order chi connectivity index (χ0) is 17.3. The van der Waals surface area contributed by atoms with E-state index in [0.717, 1.165) is 22.5 Å². The lowest BCUT2D eigenvalue weighted by molar-refractivity contribution is -0.137. The number of halogens is 3. The van der Waals surface area contributed by atoms with Gasteiger partial charge >= 0.3 is 12.2 Å². The van der Waals surface area contributed by atoms with E-state index in [4.69, 9.17) is 5.73 Å². The highest BCUT2D eigenvalue weighted by molar-refractivity contribution is 7.89. The second-order valence-corrected chi connectivity index (χ2v) is 7.15. The van der Waals surface area contributed by atoms with Crippen molar-refractivity contribution in [1.82, 2.24) is 9.62 Å². The summed E-state index contributed by atoms with van der Waals surface area (Å²) in [5.41, 5.74) is 3.99. The molecule has 0 aromatic heterocycles. The molecule has 1 aliphatic rings. The monoisotopic (exact) mass is 351 g/mol. The number of nitrogens with zero attached hydrogens (tertiary/aromatic N) is 1. The van der Waals surface area contributed by atoms with E-state index in [1.807, 2.05) is 0 Å². The number of carbonyl (C=O) groups excluding carboxylic acids is 1. The van der Waals surface area contributed by atoms with E-state index in [1.165, 1.54) is 0 Å². The topological polar surface area (TPSA) is 92.5 Å². The summed E-state index contributed by atoms with van der Waals surface area (Å²) in [6.45, 7) is 0.201. The van der Waals surface area contributed by atoms with Crippen LogP contribution in [-0.4, -0.2) is 37.9 Å². The molecular formula is C13H16F3N3O3S. The van der Waals surface area contributed by atoms with Crippen molar-refractivity contribution in [2.24, 2.45) is 5.73 Å². The first-order chi connectivity index (χ1) is 10.6. The molecule has 6 nitrogen and oxygen atoms in total. The van der Waals surface area contributed by atoms with Crippen LogP contribution in [0.2, 0.25) is 0 Å². The van der Waals surface area contributed by atoms with Gasteiger partial charge in [0.2, 0.25) is 10.0 Å². The van der Waals surface area contributed by atoms with Crippen molar-refractivity contribution in [2.75, 3.05) is 13.1 Å². The second kappa shape index (κ2) is 6.36. The van der Waals surface area contributed by atoms with Crippen molar-refractivity contribution in [2.45, 2.75) is 30.0 Å². The highest BCUT2D eigenvalue weighted by Crippen LogP contribution is 2.31. The van der Waals surface area contributed by atoms with Crippen LogP contribution in [0.5, 0.6) is 0 Å². The molecule has 1 aliphatic heterocycles. The minimum atomic E-state index is -4.61. The van der Waals surface area contributed by atoms with Crippen LogP contribution in [0.4, 0.5) is 18.0 Å². The number of alkyl halides is 3. The molecular weight excluding hydrogens is 335 g/mol. The smallest absolute Gasteiger partial charge is 0.352 e. The molecule has 23 heavy (non-hydrogen) atoms. The lowest BCUT2D eigenvalue weighted by atomic mass is 10.1. The van der Waals surface area contributed by atoms with Crippen LogP contribution in [0.1, 0.15) is 18.4 Å². The normalized spacial score (nSPS) is 17.9. The molecule has 0 spiro atoms. The Balaban J connectivity index is 2.16. The summed E-state index contributed by atoms with van der Waals surface area (Å²) in [5.74, 6) is 0. The van der Waals surface area contributed by atoms with Crippen LogP contribution in [0.3, 0.4) is 0 Å². The van der Waals surface area contributed by atoms with E-state index in [2.05, 4.69) is 5.32 Å². The van der Waals surface area contributed by atoms with Crippen molar-refractivity contribution in [3.05, 3.63) is 29.8 Å². The number of hydrogen-bond donors (Lipinski definition) is 2. The number of rotatable bonds is 3. The molecule has 2 rings (SSSR count). The maximum atomic E-state index is 12.7. The van der Waals surface area contributed by atoms with Gasteiger partial charge in [0.1, 0.15) is 0 Å². The van der Waals surface area contributed by atoms with E-state index < -0.39 is 32.7 Å². The summed E-state index contributed by atoms with van der Waals surface area (Å²) in [4.78, 5) is 10.4. The van der Waals surface area contributed by atoms with Gasteiger partial charge in [0.05, 0.1) is 10.5 Å². The van der Waals surface area contributed by atoms with E-state index in [0.29, 0.717) is 18.9 Å². The molecule has 0 unspecified atom stereocenters. The maximum Gasteiger partial charge on any atom is 0.416 e. The number of piperidine rings is 1. The molecule has 0 aliphatic carbocycles. The molecule has 0 radical (unpaired) electrons. The third-order valence-electron chi connectivity index (χ3n) is 3.60. The number of sulfonamides is 1. The first-order valence-electron chi connectivity index (χ1n) is 6.84. The minimum Gasteiger partial charge on any atom is -0.352 e. The van der Waals surface area contributed by atoms with Gasteiger partial charge in [0, 0.05) is 19.1 Å². The number of primary amides is 1. The van der Waals surface area contributed by atoms with Gasteiger partial charge in [-0.25, -0.2) is 13.2 Å². The molecule has 1 aromatic rings. The zero-order valence-corrected chi connectivity index (χ0v) is 12.8. The Morgan fingerprint density at radius 2 is 1.87 bits per heavy atom. The highest BCUT2D eigenvalue weighted by atomic mass is 32.2. The van der Waals surface area contributed by atoms with Gasteiger partial charge in [0.15, 0.2) is 0 Å². The van der Waals surface area contributed by atoms with E-state index in [-0.39, 0.29) is 19.1 Å². The van der Waals surface area contributed by atoms with Crippen molar-refractivity contribution in [1.29, 1.82) is 0 Å². The fourth-order valence-electron chi connectivity index (χ4n) is 2.42. The number of nitrogens with two attached hydrogens (primary N) is 1. The third-order valence-corrected chi connectivity index (χ3v) is 5.49. The number of urea groups is 1. The fraction of sp³-hybridized carbons (Fsp3) is 0.462. The summed E-state index contributed by atoms with van der Waals surface area (Å²) in [6, 6.07) is 2.73. The summed E-state index contributed by atoms with van der Waals surface area (Å²) in [5, 5.41) is 2.49. The average molecular weight is 351 g/mol. The van der Waals surface area contributed by atoms with Crippen molar-refractivity contribution < 1.29 is 26.4 Å². The van der Waals surface area contributed by atoms with Gasteiger partial charge < -0.3 is 11.1 Å². The lowest BCUT2D eigenvalue weighted by Gasteiger charge is -2.31. The molecule has 128 valence electrons. The number of carbonyl (C=O) groups is 1. The van der Waals surface area contributed by atoms with Gasteiger partial charge in [-0.15, -0.1) is 0 Å². The maximum absolute atomic E-state index is 12.7. The molecule has 2 amide bonds. The van der Waals surface area contributed by atoms with E-state index >= 15 is 0 Å². The first-order valence-corrected chi connectivity index (χ1v) is 8.28. The number of benzene rings is 1. The SMILES string of the molecule is NC(=O)NC1CCN(S(=O)(=O)c2cccc(C(F)(F)F)c2)CC1. The Morgan fingerprint density at radius 3 is 2.39 bits per heavy atom. The molecule has 0 atom stereocenters. The Morgan fingerprint density at radius 1 is 1.26 bits per heavy atom. The molecule has 0 bridgehead atoms. The Labute approximate surface area is 131 Å². The van der Waals surface area contributed by atoms with Crippen molar-refractivity contribution in [3.8, 4) is 0 Å². The van der Waals surface area contributed by atoms with Crippen LogP contribution in [0.25, 0.3) is 0 Å². The standard InChI is InChI=1S/C13H16F3N3O3S/c14-13(15,16)9-2-1-3-11(8-9)23(21,22)19-6-4-10(5-7-19)18-12(17)20/h1-3,8,10H,4-7H2,(H3,17,18,20). The predicted octanol–water partition coefficient (Wildman–Crippen LogP) is 1.53. The summed E-state index contributed by atoms with van der Waals surface area (Å²) in [7, 11) is -4.01. The fourth-order valence-corrected chi connectivity index (χ4v) is 3.94. The molecule has 1 fully saturated rings. The van der Waals surface area contributed by atoms with Crippen LogP contribution in [0, 0.1) is 0 Å². The first kappa shape index (κ1) is 17.5. The van der Waals surface area contributed by atoms with E-state index in [1.54, 1.807) is 0 Å². The summed E-state index contributed by atoms with van der Waals surface area (Å²) < 4.78 is 64.1. The van der Waals surface area contributed by atoms with Crippen LogP contribution in [-0.2, 0) is 16.2 Å². The molecule has 3 N–H and O–H groups in total. The molecule has 1 aromatic carbocycles. The quantitative estimate of drug-likeness (QED) is 0.865.